The van der Waals surface area contributed by atoms with Crippen molar-refractivity contribution in [2.45, 2.75) is 76.4 Å². The molecule has 0 amide bonds. The van der Waals surface area contributed by atoms with E-state index in [-0.39, 0.29) is 0 Å². The molecule has 3 nitrogen and oxygen atoms in total. The Bertz CT molecular complexity index is 305. The normalized spacial score (nSPS) is 34.6. The minimum absolute atomic E-state index is 0.494. The molecule has 2 N–H and O–H groups in total. The van der Waals surface area contributed by atoms with Gasteiger partial charge in [0.25, 0.3) is 0 Å². The van der Waals surface area contributed by atoms with E-state index in [0.29, 0.717) is 12.1 Å². The van der Waals surface area contributed by atoms with E-state index in [2.05, 4.69) is 17.6 Å². The summed E-state index contributed by atoms with van der Waals surface area (Å²) >= 11 is 0. The Kier molecular flexibility index (Phi) is 6.99. The van der Waals surface area contributed by atoms with E-state index in [9.17, 15) is 4.21 Å². The highest BCUT2D eigenvalue weighted by molar-refractivity contribution is 7.84. The average Bonchev–Trinajstić information content (AvgIpc) is 2.47. The third-order valence-corrected chi connectivity index (χ3v) is 5.83. The van der Waals surface area contributed by atoms with Crippen LogP contribution in [0.25, 0.3) is 0 Å². The Morgan fingerprint density at radius 2 is 1.95 bits per heavy atom. The summed E-state index contributed by atoms with van der Waals surface area (Å²) in [6.45, 7) is 3.46. The van der Waals surface area contributed by atoms with Crippen LogP contribution in [0.1, 0.15) is 58.3 Å². The van der Waals surface area contributed by atoms with Crippen LogP contribution in [0.4, 0.5) is 0 Å². The first-order valence-electron chi connectivity index (χ1n) is 8.46. The molecule has 5 atom stereocenters. The second kappa shape index (κ2) is 8.50. The molecule has 0 radical (unpaired) electrons. The Morgan fingerprint density at radius 3 is 2.65 bits per heavy atom. The summed E-state index contributed by atoms with van der Waals surface area (Å²) < 4.78 is 11.2. The van der Waals surface area contributed by atoms with Gasteiger partial charge in [0.2, 0.25) is 0 Å². The molecule has 1 heterocycles. The first kappa shape index (κ1) is 16.4. The summed E-state index contributed by atoms with van der Waals surface area (Å²) in [5.41, 5.74) is 0. The topological polar surface area (TPSA) is 41.1 Å². The van der Waals surface area contributed by atoms with Gasteiger partial charge in [0.05, 0.1) is 0 Å². The van der Waals surface area contributed by atoms with E-state index in [1.54, 1.807) is 0 Å². The van der Waals surface area contributed by atoms with Gasteiger partial charge < -0.3 is 10.6 Å². The molecule has 1 saturated heterocycles. The van der Waals surface area contributed by atoms with Gasteiger partial charge >= 0.3 is 0 Å². The van der Waals surface area contributed by atoms with Gasteiger partial charge in [-0.1, -0.05) is 19.3 Å². The molecule has 0 aromatic carbocycles. The zero-order valence-corrected chi connectivity index (χ0v) is 14.0. The average molecular weight is 301 g/mol. The van der Waals surface area contributed by atoms with Crippen molar-refractivity contribution in [2.24, 2.45) is 5.92 Å². The van der Waals surface area contributed by atoms with Crippen molar-refractivity contribution < 1.29 is 4.21 Å². The van der Waals surface area contributed by atoms with Crippen LogP contribution >= 0.6 is 0 Å². The van der Waals surface area contributed by atoms with Gasteiger partial charge in [-0.3, -0.25) is 4.21 Å². The summed E-state index contributed by atoms with van der Waals surface area (Å²) in [6.07, 6.45) is 12.4. The van der Waals surface area contributed by atoms with Crippen molar-refractivity contribution in [3.63, 3.8) is 0 Å². The number of piperidine rings is 1. The van der Waals surface area contributed by atoms with E-state index >= 15 is 0 Å². The first-order valence-corrected chi connectivity index (χ1v) is 10.2. The molecule has 0 aromatic rings. The second-order valence-electron chi connectivity index (χ2n) is 6.74. The fourth-order valence-corrected chi connectivity index (χ4v) is 4.57. The maximum atomic E-state index is 11.2. The molecule has 1 aliphatic carbocycles. The van der Waals surface area contributed by atoms with Crippen LogP contribution in [-0.4, -0.2) is 40.9 Å². The third kappa shape index (κ3) is 5.12. The fourth-order valence-electron chi connectivity index (χ4n) is 3.88. The van der Waals surface area contributed by atoms with Crippen molar-refractivity contribution in [1.82, 2.24) is 10.6 Å². The van der Waals surface area contributed by atoms with Gasteiger partial charge in [0, 0.05) is 40.9 Å². The lowest BCUT2D eigenvalue weighted by Gasteiger charge is -2.41. The van der Waals surface area contributed by atoms with Crippen LogP contribution in [0.2, 0.25) is 0 Å². The van der Waals surface area contributed by atoms with Crippen molar-refractivity contribution in [3.8, 4) is 0 Å². The lowest BCUT2D eigenvalue weighted by Crippen LogP contribution is -2.52. The molecule has 1 saturated carbocycles. The summed E-state index contributed by atoms with van der Waals surface area (Å²) in [5.74, 6) is 1.63. The smallest absolute Gasteiger partial charge is 0.0246 e. The highest BCUT2D eigenvalue weighted by atomic mass is 32.2. The lowest BCUT2D eigenvalue weighted by molar-refractivity contribution is 0.173. The monoisotopic (exact) mass is 300 g/mol. The third-order valence-electron chi connectivity index (χ3n) is 5.02. The lowest BCUT2D eigenvalue weighted by atomic mass is 9.77. The van der Waals surface area contributed by atoms with Crippen molar-refractivity contribution in [2.75, 3.05) is 18.6 Å². The zero-order chi connectivity index (χ0) is 14.4. The summed E-state index contributed by atoms with van der Waals surface area (Å²) in [6, 6.07) is 1.89. The molecule has 0 aromatic heterocycles. The van der Waals surface area contributed by atoms with Gasteiger partial charge in [-0.2, -0.15) is 0 Å². The largest absolute Gasteiger partial charge is 0.314 e. The molecule has 20 heavy (non-hydrogen) atoms. The maximum Gasteiger partial charge on any atom is 0.0246 e. The van der Waals surface area contributed by atoms with Crippen LogP contribution in [0, 0.1) is 5.92 Å². The van der Waals surface area contributed by atoms with Crippen LogP contribution in [0.15, 0.2) is 0 Å². The van der Waals surface area contributed by atoms with Gasteiger partial charge in [-0.05, 0) is 51.5 Å². The Labute approximate surface area is 127 Å². The molecular formula is C16H32N2OS. The summed E-state index contributed by atoms with van der Waals surface area (Å²) in [5, 5.41) is 7.60. The van der Waals surface area contributed by atoms with Crippen molar-refractivity contribution in [1.29, 1.82) is 0 Å². The van der Waals surface area contributed by atoms with Crippen LogP contribution in [0.5, 0.6) is 0 Å². The van der Waals surface area contributed by atoms with E-state index in [4.69, 9.17) is 0 Å². The molecule has 0 bridgehead atoms. The van der Waals surface area contributed by atoms with Crippen LogP contribution in [-0.2, 0) is 10.8 Å². The van der Waals surface area contributed by atoms with Gasteiger partial charge in [-0.25, -0.2) is 0 Å². The number of rotatable bonds is 6. The van der Waals surface area contributed by atoms with E-state index in [1.165, 1.54) is 51.5 Å². The highest BCUT2D eigenvalue weighted by Crippen LogP contribution is 2.30. The predicted molar refractivity (Wildman–Crippen MR) is 87.5 cm³/mol. The highest BCUT2D eigenvalue weighted by Gasteiger charge is 2.32. The van der Waals surface area contributed by atoms with Crippen molar-refractivity contribution in [3.05, 3.63) is 0 Å². The molecular weight excluding hydrogens is 268 g/mol. The van der Waals surface area contributed by atoms with E-state index < -0.39 is 10.8 Å². The molecule has 2 rings (SSSR count). The first-order chi connectivity index (χ1) is 9.66. The van der Waals surface area contributed by atoms with Gasteiger partial charge in [-0.15, -0.1) is 0 Å². The molecule has 118 valence electrons. The minimum Gasteiger partial charge on any atom is -0.314 e. The zero-order valence-electron chi connectivity index (χ0n) is 13.2. The summed E-state index contributed by atoms with van der Waals surface area (Å²) in [4.78, 5) is 0. The molecule has 0 spiro atoms. The Hall–Kier alpha value is 0.0700. The SMILES string of the molecule is CC(CCS(C)=O)NC1CCCCC1C1CCCCN1. The predicted octanol–water partition coefficient (Wildman–Crippen LogP) is 2.43. The Balaban J connectivity index is 1.84. The van der Waals surface area contributed by atoms with E-state index in [1.807, 2.05) is 6.26 Å². The standard InChI is InChI=1S/C16H32N2OS/c1-13(10-12-20(2)19)18-16-9-4-3-7-14(16)15-8-5-6-11-17-15/h13-18H,3-12H2,1-2H3. The molecule has 1 aliphatic heterocycles. The number of hydrogen-bond donors (Lipinski definition) is 2. The van der Waals surface area contributed by atoms with Crippen LogP contribution in [0.3, 0.4) is 0 Å². The molecule has 2 aliphatic rings. The summed E-state index contributed by atoms with van der Waals surface area (Å²) in [7, 11) is -0.658. The molecule has 4 heteroatoms. The molecule has 2 fully saturated rings. The van der Waals surface area contributed by atoms with Gasteiger partial charge in [0.15, 0.2) is 0 Å². The second-order valence-corrected chi connectivity index (χ2v) is 8.30. The fraction of sp³-hybridized carbons (Fsp3) is 1.00. The van der Waals surface area contributed by atoms with Crippen LogP contribution < -0.4 is 10.6 Å². The quantitative estimate of drug-likeness (QED) is 0.791. The van der Waals surface area contributed by atoms with Gasteiger partial charge in [0.1, 0.15) is 0 Å². The number of nitrogens with one attached hydrogen (secondary N) is 2. The Morgan fingerprint density at radius 1 is 1.20 bits per heavy atom. The number of hydrogen-bond acceptors (Lipinski definition) is 3. The maximum absolute atomic E-state index is 11.2. The molecule has 5 unspecified atom stereocenters. The van der Waals surface area contributed by atoms with E-state index in [0.717, 1.165) is 24.1 Å². The minimum atomic E-state index is -0.658. The van der Waals surface area contributed by atoms with Crippen molar-refractivity contribution >= 4 is 10.8 Å².